The smallest absolute Gasteiger partial charge is 0.408 e. The second-order valence-corrected chi connectivity index (χ2v) is 16.5. The number of fused-ring (bicyclic) bond motifs is 3. The Kier molecular flexibility index (Phi) is 10.8. The average molecular weight is 731 g/mol. The van der Waals surface area contributed by atoms with Crippen LogP contribution >= 0.6 is 0 Å². The Morgan fingerprint density at radius 1 is 1.08 bits per heavy atom. The number of aliphatic carboxylic acids is 1. The highest BCUT2D eigenvalue weighted by atomic mass is 16.6. The summed E-state index contributed by atoms with van der Waals surface area (Å²) >= 11 is 0. The summed E-state index contributed by atoms with van der Waals surface area (Å²) in [6.07, 6.45) is 8.36. The van der Waals surface area contributed by atoms with E-state index in [0.717, 1.165) is 36.2 Å². The molecule has 3 aromatic rings. The molecule has 286 valence electrons. The van der Waals surface area contributed by atoms with Crippen molar-refractivity contribution in [3.05, 3.63) is 48.3 Å². The van der Waals surface area contributed by atoms with Gasteiger partial charge in [0.2, 0.25) is 5.91 Å². The zero-order valence-electron chi connectivity index (χ0n) is 32.0. The molecule has 4 heterocycles. The van der Waals surface area contributed by atoms with Crippen molar-refractivity contribution in [1.82, 2.24) is 29.5 Å². The standard InChI is InChI=1S/C40H54N6O7/c1-24(2)28-18-19-45(43-28)30-16-13-17-31-34(30)42-37(46(31)25(3)4)52-27-20-32-33(47)22-40(36(49)50)21-26(40)14-11-9-8-10-12-15-29(35(48)44(32)23-27)41-38(51)53-39(5,6)7/h11,13-14,16-19,24-27,29,32H,8-10,12,15,20-23H2,1-7H3,(H,41,51)(H,49,50)/b14-11-/t26-,27-,29+,32+,40-/m1/s1. The number of imidazole rings is 1. The van der Waals surface area contributed by atoms with Gasteiger partial charge in [0.1, 0.15) is 23.3 Å². The van der Waals surface area contributed by atoms with Gasteiger partial charge >= 0.3 is 12.1 Å². The molecule has 13 heteroatoms. The molecule has 2 aliphatic heterocycles. The molecule has 5 atom stereocenters. The van der Waals surface area contributed by atoms with Crippen molar-refractivity contribution in [2.24, 2.45) is 11.3 Å². The maximum absolute atomic E-state index is 14.5. The fraction of sp³-hybridized carbons (Fsp3) is 0.600. The first-order chi connectivity index (χ1) is 25.1. The van der Waals surface area contributed by atoms with Crippen LogP contribution in [0.4, 0.5) is 4.79 Å². The van der Waals surface area contributed by atoms with E-state index in [1.807, 2.05) is 65.7 Å². The van der Waals surface area contributed by atoms with Crippen molar-refractivity contribution in [2.45, 2.75) is 136 Å². The van der Waals surface area contributed by atoms with Crippen LogP contribution in [-0.4, -0.2) is 83.4 Å². The highest BCUT2D eigenvalue weighted by Gasteiger charge is 2.61. The zero-order chi connectivity index (χ0) is 38.2. The molecule has 1 aromatic carbocycles. The number of para-hydroxylation sites is 1. The van der Waals surface area contributed by atoms with Gasteiger partial charge in [-0.3, -0.25) is 19.0 Å². The summed E-state index contributed by atoms with van der Waals surface area (Å²) in [6.45, 7) is 13.6. The Labute approximate surface area is 311 Å². The van der Waals surface area contributed by atoms with Gasteiger partial charge < -0.3 is 24.8 Å². The molecule has 0 unspecified atom stereocenters. The van der Waals surface area contributed by atoms with E-state index in [0.29, 0.717) is 30.8 Å². The third kappa shape index (κ3) is 8.13. The molecule has 2 fully saturated rings. The van der Waals surface area contributed by atoms with E-state index in [-0.39, 0.29) is 43.0 Å². The van der Waals surface area contributed by atoms with Gasteiger partial charge in [0.25, 0.3) is 6.01 Å². The minimum absolute atomic E-state index is 0.0399. The molecule has 1 saturated heterocycles. The van der Waals surface area contributed by atoms with Crippen LogP contribution in [0, 0.1) is 11.3 Å². The van der Waals surface area contributed by atoms with Crippen molar-refractivity contribution in [1.29, 1.82) is 0 Å². The number of ether oxygens (including phenoxy) is 2. The van der Waals surface area contributed by atoms with Gasteiger partial charge in [-0.05, 0) is 90.3 Å². The first-order valence-electron chi connectivity index (χ1n) is 19.0. The molecule has 0 bridgehead atoms. The lowest BCUT2D eigenvalue weighted by atomic mass is 9.92. The molecule has 2 amide bonds. The molecule has 1 saturated carbocycles. The predicted octanol–water partition coefficient (Wildman–Crippen LogP) is 6.74. The number of carboxylic acid groups (broad SMARTS) is 1. The number of rotatable bonds is 7. The summed E-state index contributed by atoms with van der Waals surface area (Å²) < 4.78 is 16.0. The quantitative estimate of drug-likeness (QED) is 0.251. The lowest BCUT2D eigenvalue weighted by molar-refractivity contribution is -0.147. The SMILES string of the molecule is CC(C)c1ccn(-c2cccc3c2nc(O[C@@H]2C[C@H]4C(=O)C[C@]5(C(=O)O)C[C@H]5/C=C\CCCCC[C@H](NC(=O)OC(C)(C)C)C(=O)N4C2)n3C(C)C)n1. The van der Waals surface area contributed by atoms with Gasteiger partial charge in [0.15, 0.2) is 5.78 Å². The normalized spacial score (nSPS) is 26.2. The summed E-state index contributed by atoms with van der Waals surface area (Å²) in [5.74, 6) is -1.72. The van der Waals surface area contributed by atoms with E-state index >= 15 is 0 Å². The van der Waals surface area contributed by atoms with Crippen molar-refractivity contribution < 1.29 is 33.8 Å². The van der Waals surface area contributed by atoms with Gasteiger partial charge in [-0.1, -0.05) is 44.9 Å². The summed E-state index contributed by atoms with van der Waals surface area (Å²) in [7, 11) is 0. The van der Waals surface area contributed by atoms with Gasteiger partial charge in [0, 0.05) is 25.1 Å². The number of carbonyl (C=O) groups excluding carboxylic acids is 3. The fourth-order valence-electron chi connectivity index (χ4n) is 7.70. The van der Waals surface area contributed by atoms with Crippen LogP contribution in [0.2, 0.25) is 0 Å². The zero-order valence-corrected chi connectivity index (χ0v) is 32.0. The first kappa shape index (κ1) is 38.1. The number of carbonyl (C=O) groups is 4. The number of nitrogens with one attached hydrogen (secondary N) is 1. The van der Waals surface area contributed by atoms with Gasteiger partial charge in [-0.2, -0.15) is 10.1 Å². The molecule has 1 aliphatic carbocycles. The van der Waals surface area contributed by atoms with Crippen LogP contribution in [0.1, 0.15) is 117 Å². The highest BCUT2D eigenvalue weighted by molar-refractivity contribution is 5.96. The van der Waals surface area contributed by atoms with Crippen molar-refractivity contribution in [2.75, 3.05) is 6.54 Å². The van der Waals surface area contributed by atoms with Crippen molar-refractivity contribution >= 4 is 34.8 Å². The highest BCUT2D eigenvalue weighted by Crippen LogP contribution is 2.57. The minimum Gasteiger partial charge on any atom is -0.481 e. The number of carboxylic acids is 1. The number of nitrogens with zero attached hydrogens (tertiary/aromatic N) is 5. The second-order valence-electron chi connectivity index (χ2n) is 16.5. The minimum atomic E-state index is -1.19. The van der Waals surface area contributed by atoms with E-state index in [2.05, 4.69) is 19.2 Å². The number of alkyl carbamates (subject to hydrolysis) is 1. The number of ketones is 1. The topological polar surface area (TPSA) is 158 Å². The summed E-state index contributed by atoms with van der Waals surface area (Å²) in [5, 5.41) is 17.9. The van der Waals surface area contributed by atoms with Gasteiger partial charge in [-0.25, -0.2) is 9.48 Å². The molecule has 2 aromatic heterocycles. The molecule has 53 heavy (non-hydrogen) atoms. The monoisotopic (exact) mass is 730 g/mol. The number of allylic oxidation sites excluding steroid dienone is 2. The van der Waals surface area contributed by atoms with E-state index in [9.17, 15) is 24.3 Å². The number of hydrogen-bond acceptors (Lipinski definition) is 8. The van der Waals surface area contributed by atoms with E-state index < -0.39 is 47.2 Å². The Bertz CT molecular complexity index is 1890. The van der Waals surface area contributed by atoms with Crippen LogP contribution in [0.25, 0.3) is 16.7 Å². The summed E-state index contributed by atoms with van der Waals surface area (Å²) in [5.41, 5.74) is 1.35. The van der Waals surface area contributed by atoms with E-state index in [4.69, 9.17) is 19.6 Å². The summed E-state index contributed by atoms with van der Waals surface area (Å²) in [6, 6.07) is 6.33. The first-order valence-corrected chi connectivity index (χ1v) is 19.0. The average Bonchev–Trinajstić information content (AvgIpc) is 3.44. The maximum Gasteiger partial charge on any atom is 0.408 e. The van der Waals surface area contributed by atoms with Crippen molar-refractivity contribution in [3.8, 4) is 11.7 Å². The maximum atomic E-state index is 14.5. The number of amides is 2. The van der Waals surface area contributed by atoms with Crippen LogP contribution in [-0.2, 0) is 19.1 Å². The van der Waals surface area contributed by atoms with Gasteiger partial charge in [-0.15, -0.1) is 0 Å². The Balaban J connectivity index is 1.34. The molecule has 0 spiro atoms. The van der Waals surface area contributed by atoms with E-state index in [1.165, 1.54) is 4.90 Å². The third-order valence-corrected chi connectivity index (χ3v) is 10.6. The van der Waals surface area contributed by atoms with Crippen LogP contribution in [0.5, 0.6) is 6.01 Å². The largest absolute Gasteiger partial charge is 0.481 e. The Morgan fingerprint density at radius 2 is 1.85 bits per heavy atom. The second kappa shape index (κ2) is 15.0. The fourth-order valence-corrected chi connectivity index (χ4v) is 7.70. The predicted molar refractivity (Wildman–Crippen MR) is 199 cm³/mol. The van der Waals surface area contributed by atoms with Crippen LogP contribution < -0.4 is 10.1 Å². The molecule has 2 N–H and O–H groups in total. The third-order valence-electron chi connectivity index (χ3n) is 10.6. The molecular weight excluding hydrogens is 676 g/mol. The van der Waals surface area contributed by atoms with Crippen molar-refractivity contribution in [3.63, 3.8) is 0 Å². The lowest BCUT2D eigenvalue weighted by Gasteiger charge is -2.30. The molecule has 0 radical (unpaired) electrons. The molecule has 6 rings (SSSR count). The number of benzene rings is 1. The molecule has 13 nitrogen and oxygen atoms in total. The van der Waals surface area contributed by atoms with Gasteiger partial charge in [0.05, 0.1) is 34.9 Å². The lowest BCUT2D eigenvalue weighted by Crippen LogP contribution is -2.52. The molecule has 3 aliphatic rings. The van der Waals surface area contributed by atoms with E-state index in [1.54, 1.807) is 20.8 Å². The Hall–Kier alpha value is -4.68. The number of Topliss-reactive ketones (excluding diaryl/α,β-unsaturated/α-hetero) is 1. The van der Waals surface area contributed by atoms with Crippen LogP contribution in [0.15, 0.2) is 42.6 Å². The molecular formula is C40H54N6O7. The number of aromatic nitrogens is 4. The van der Waals surface area contributed by atoms with Crippen LogP contribution in [0.3, 0.4) is 0 Å². The Morgan fingerprint density at radius 3 is 2.53 bits per heavy atom. The summed E-state index contributed by atoms with van der Waals surface area (Å²) in [4.78, 5) is 60.7. The number of hydrogen-bond donors (Lipinski definition) is 2.